The molecule has 0 aromatic heterocycles. The third-order valence-corrected chi connectivity index (χ3v) is 0.959. The van der Waals surface area contributed by atoms with E-state index < -0.39 is 0 Å². The minimum atomic E-state index is 0.142. The summed E-state index contributed by atoms with van der Waals surface area (Å²) in [4.78, 5) is 0. The van der Waals surface area contributed by atoms with Crippen LogP contribution in [0, 0.1) is 5.53 Å². The van der Waals surface area contributed by atoms with Crippen LogP contribution in [0.2, 0.25) is 0 Å². The molecular weight excluding hydrogens is 116 g/mol. The fourth-order valence-corrected chi connectivity index (χ4v) is 0.563. The van der Waals surface area contributed by atoms with Crippen molar-refractivity contribution in [2.24, 2.45) is 5.11 Å². The summed E-state index contributed by atoms with van der Waals surface area (Å²) in [5.41, 5.74) is 7.02. The third-order valence-electron chi connectivity index (χ3n) is 0.959. The normalized spacial score (nSPS) is 8.89. The Morgan fingerprint density at radius 1 is 1.44 bits per heavy atom. The van der Waals surface area contributed by atoms with E-state index in [-0.39, 0.29) is 5.75 Å². The lowest BCUT2D eigenvalue weighted by Gasteiger charge is -1.89. The Morgan fingerprint density at radius 3 is 2.67 bits per heavy atom. The van der Waals surface area contributed by atoms with Crippen LogP contribution in [0.15, 0.2) is 29.4 Å². The molecule has 0 saturated heterocycles. The van der Waals surface area contributed by atoms with Crippen LogP contribution in [-0.2, 0) is 0 Å². The SMILES string of the molecule is N=Nc1cccc(O)c1. The predicted molar refractivity (Wildman–Crippen MR) is 32.9 cm³/mol. The first-order chi connectivity index (χ1) is 4.33. The van der Waals surface area contributed by atoms with Gasteiger partial charge in [-0.3, -0.25) is 0 Å². The lowest BCUT2D eigenvalue weighted by Crippen LogP contribution is -1.61. The number of phenols is 1. The summed E-state index contributed by atoms with van der Waals surface area (Å²) in [5, 5.41) is 11.9. The van der Waals surface area contributed by atoms with Crippen LogP contribution in [0.1, 0.15) is 0 Å². The molecule has 1 rings (SSSR count). The number of rotatable bonds is 1. The van der Waals surface area contributed by atoms with Crippen LogP contribution in [-0.4, -0.2) is 5.11 Å². The van der Waals surface area contributed by atoms with E-state index in [9.17, 15) is 0 Å². The quantitative estimate of drug-likeness (QED) is 0.550. The monoisotopic (exact) mass is 122 g/mol. The second-order valence-electron chi connectivity index (χ2n) is 1.63. The summed E-state index contributed by atoms with van der Waals surface area (Å²) in [6.07, 6.45) is 0. The van der Waals surface area contributed by atoms with E-state index in [0.717, 1.165) is 0 Å². The maximum Gasteiger partial charge on any atom is 0.117 e. The molecule has 9 heavy (non-hydrogen) atoms. The molecule has 0 aliphatic heterocycles. The first kappa shape index (κ1) is 5.75. The summed E-state index contributed by atoms with van der Waals surface area (Å²) >= 11 is 0. The van der Waals surface area contributed by atoms with Gasteiger partial charge in [-0.1, -0.05) is 6.07 Å². The van der Waals surface area contributed by atoms with E-state index in [1.54, 1.807) is 12.1 Å². The number of phenolic OH excluding ortho intramolecular Hbond substituents is 1. The molecule has 0 amide bonds. The van der Waals surface area contributed by atoms with Gasteiger partial charge in [0.05, 0.1) is 5.69 Å². The second kappa shape index (κ2) is 2.26. The molecule has 0 spiro atoms. The van der Waals surface area contributed by atoms with E-state index in [0.29, 0.717) is 5.69 Å². The summed E-state index contributed by atoms with van der Waals surface area (Å²) in [6, 6.07) is 6.25. The minimum absolute atomic E-state index is 0.142. The number of aromatic hydroxyl groups is 1. The van der Waals surface area contributed by atoms with Crippen LogP contribution in [0.3, 0.4) is 0 Å². The Labute approximate surface area is 52.5 Å². The number of benzene rings is 1. The maximum absolute atomic E-state index is 8.80. The molecule has 0 aliphatic carbocycles. The zero-order valence-electron chi connectivity index (χ0n) is 4.70. The third kappa shape index (κ3) is 1.25. The number of hydrogen-bond acceptors (Lipinski definition) is 3. The summed E-state index contributed by atoms with van der Waals surface area (Å²) in [7, 11) is 0. The molecule has 0 aliphatic rings. The number of nitrogens with zero attached hydrogens (tertiary/aromatic N) is 1. The van der Waals surface area contributed by atoms with E-state index >= 15 is 0 Å². The summed E-state index contributed by atoms with van der Waals surface area (Å²) < 4.78 is 0. The molecule has 3 nitrogen and oxygen atoms in total. The molecule has 0 atom stereocenters. The highest BCUT2D eigenvalue weighted by atomic mass is 16.3. The largest absolute Gasteiger partial charge is 0.508 e. The van der Waals surface area contributed by atoms with Crippen LogP contribution >= 0.6 is 0 Å². The van der Waals surface area contributed by atoms with Crippen LogP contribution < -0.4 is 0 Å². The summed E-state index contributed by atoms with van der Waals surface area (Å²) in [6.45, 7) is 0. The Bertz CT molecular complexity index is 222. The highest BCUT2D eigenvalue weighted by Gasteiger charge is 1.87. The molecule has 0 saturated carbocycles. The van der Waals surface area contributed by atoms with Crippen LogP contribution in [0.25, 0.3) is 0 Å². The van der Waals surface area contributed by atoms with Crippen molar-refractivity contribution in [1.82, 2.24) is 0 Å². The molecule has 0 bridgehead atoms. The topological polar surface area (TPSA) is 56.4 Å². The molecule has 3 heteroatoms. The second-order valence-corrected chi connectivity index (χ2v) is 1.63. The van der Waals surface area contributed by atoms with Gasteiger partial charge in [0.15, 0.2) is 0 Å². The van der Waals surface area contributed by atoms with E-state index in [1.165, 1.54) is 12.1 Å². The van der Waals surface area contributed by atoms with Crippen molar-refractivity contribution in [3.63, 3.8) is 0 Å². The van der Waals surface area contributed by atoms with Gasteiger partial charge in [-0.2, -0.15) is 5.11 Å². The average Bonchev–Trinajstić information content (AvgIpc) is 1.88. The minimum Gasteiger partial charge on any atom is -0.508 e. The molecule has 1 aromatic carbocycles. The molecule has 0 unspecified atom stereocenters. The van der Waals surface area contributed by atoms with Gasteiger partial charge >= 0.3 is 0 Å². The van der Waals surface area contributed by atoms with Gasteiger partial charge in [0.1, 0.15) is 5.75 Å². The highest BCUT2D eigenvalue weighted by molar-refractivity contribution is 5.41. The molecule has 1 aromatic rings. The van der Waals surface area contributed by atoms with Gasteiger partial charge in [0.25, 0.3) is 0 Å². The molecule has 46 valence electrons. The van der Waals surface area contributed by atoms with Crippen molar-refractivity contribution in [3.05, 3.63) is 24.3 Å². The molecule has 0 heterocycles. The van der Waals surface area contributed by atoms with Crippen molar-refractivity contribution in [3.8, 4) is 5.75 Å². The molecule has 2 N–H and O–H groups in total. The lowest BCUT2D eigenvalue weighted by molar-refractivity contribution is 0.475. The van der Waals surface area contributed by atoms with Gasteiger partial charge in [-0.25, -0.2) is 5.53 Å². The van der Waals surface area contributed by atoms with E-state index in [1.807, 2.05) is 0 Å². The van der Waals surface area contributed by atoms with Crippen molar-refractivity contribution >= 4 is 5.69 Å². The Balaban J connectivity index is 3.07. The standard InChI is InChI=1S/C6H6N2O/c7-8-5-2-1-3-6(9)4-5/h1-4,7,9H. The predicted octanol–water partition coefficient (Wildman–Crippen LogP) is 2.05. The fourth-order valence-electron chi connectivity index (χ4n) is 0.563. The molecular formula is C6H6N2O. The first-order valence-electron chi connectivity index (χ1n) is 2.49. The van der Waals surface area contributed by atoms with Gasteiger partial charge in [-0.05, 0) is 12.1 Å². The van der Waals surface area contributed by atoms with Gasteiger partial charge in [0, 0.05) is 6.07 Å². The maximum atomic E-state index is 8.80. The van der Waals surface area contributed by atoms with E-state index in [4.69, 9.17) is 10.6 Å². The average molecular weight is 122 g/mol. The van der Waals surface area contributed by atoms with Gasteiger partial charge < -0.3 is 5.11 Å². The van der Waals surface area contributed by atoms with Crippen LogP contribution in [0.4, 0.5) is 5.69 Å². The Hall–Kier alpha value is -1.38. The summed E-state index contributed by atoms with van der Waals surface area (Å²) in [5.74, 6) is 0.142. The molecule has 0 fully saturated rings. The highest BCUT2D eigenvalue weighted by Crippen LogP contribution is 2.17. The lowest BCUT2D eigenvalue weighted by atomic mass is 10.3. The zero-order valence-corrected chi connectivity index (χ0v) is 4.70. The van der Waals surface area contributed by atoms with Gasteiger partial charge in [0.2, 0.25) is 0 Å². The smallest absolute Gasteiger partial charge is 0.117 e. The zero-order chi connectivity index (χ0) is 6.69. The Kier molecular flexibility index (Phi) is 1.44. The fraction of sp³-hybridized carbons (Fsp3) is 0. The van der Waals surface area contributed by atoms with Gasteiger partial charge in [-0.15, -0.1) is 0 Å². The van der Waals surface area contributed by atoms with Crippen molar-refractivity contribution < 1.29 is 5.11 Å². The van der Waals surface area contributed by atoms with Crippen molar-refractivity contribution in [2.45, 2.75) is 0 Å². The number of hydrogen-bond donors (Lipinski definition) is 2. The Morgan fingerprint density at radius 2 is 2.22 bits per heavy atom. The van der Waals surface area contributed by atoms with Crippen molar-refractivity contribution in [2.75, 3.05) is 0 Å². The van der Waals surface area contributed by atoms with Crippen molar-refractivity contribution in [1.29, 1.82) is 5.53 Å². The van der Waals surface area contributed by atoms with Crippen LogP contribution in [0.5, 0.6) is 5.75 Å². The van der Waals surface area contributed by atoms with E-state index in [2.05, 4.69) is 5.11 Å². The molecule has 0 radical (unpaired) electrons. The first-order valence-corrected chi connectivity index (χ1v) is 2.49. The number of nitrogens with one attached hydrogen (secondary N) is 1.